The summed E-state index contributed by atoms with van der Waals surface area (Å²) < 4.78 is 0. The Kier molecular flexibility index (Phi) is 4.09. The zero-order chi connectivity index (χ0) is 15.5. The highest BCUT2D eigenvalue weighted by Gasteiger charge is 2.20. The fourth-order valence-electron chi connectivity index (χ4n) is 3.22. The fraction of sp³-hybridized carbons (Fsp3) is 0.0909. The maximum Gasteiger partial charge on any atom is 0.00104 e. The lowest BCUT2D eigenvalue weighted by atomic mass is 10.1. The molecule has 112 valence electrons. The van der Waals surface area contributed by atoms with Crippen LogP contribution in [0, 0.1) is 0 Å². The third-order valence-electron chi connectivity index (χ3n) is 4.40. The Morgan fingerprint density at radius 2 is 1.22 bits per heavy atom. The Morgan fingerprint density at radius 3 is 1.87 bits per heavy atom. The zero-order valence-corrected chi connectivity index (χ0v) is 13.9. The van der Waals surface area contributed by atoms with Crippen LogP contribution in [0.2, 0.25) is 0 Å². The topological polar surface area (TPSA) is 0 Å². The molecule has 0 bridgehead atoms. The van der Waals surface area contributed by atoms with Crippen LogP contribution in [0.15, 0.2) is 91.0 Å². The zero-order valence-electron chi connectivity index (χ0n) is 13.0. The molecule has 0 aliphatic heterocycles. The number of rotatable bonds is 4. The van der Waals surface area contributed by atoms with Gasteiger partial charge < -0.3 is 0 Å². The number of hydrogen-bond acceptors (Lipinski definition) is 0. The van der Waals surface area contributed by atoms with Crippen LogP contribution in [0.3, 0.4) is 0 Å². The summed E-state index contributed by atoms with van der Waals surface area (Å²) in [6.07, 6.45) is 4.63. The molecule has 0 unspecified atom stereocenters. The van der Waals surface area contributed by atoms with E-state index in [0.29, 0.717) is 0 Å². The van der Waals surface area contributed by atoms with Gasteiger partial charge in [-0.25, -0.2) is 0 Å². The Balaban J connectivity index is 1.70. The molecular weight excluding hydrogens is 295 g/mol. The first-order valence-electron chi connectivity index (χ1n) is 8.07. The van der Waals surface area contributed by atoms with E-state index in [9.17, 15) is 0 Å². The van der Waals surface area contributed by atoms with Gasteiger partial charge in [-0.15, -0.1) is 0 Å². The molecule has 1 aliphatic rings. The molecular formula is C22H19P. The third-order valence-corrected chi connectivity index (χ3v) is 6.90. The first-order chi connectivity index (χ1) is 11.4. The van der Waals surface area contributed by atoms with Crippen molar-refractivity contribution >= 4 is 24.1 Å². The number of hydrogen-bond donors (Lipinski definition) is 0. The Hall–Kier alpha value is -2.17. The van der Waals surface area contributed by atoms with E-state index in [1.807, 2.05) is 0 Å². The minimum atomic E-state index is -0.355. The fourth-order valence-corrected chi connectivity index (χ4v) is 5.59. The summed E-state index contributed by atoms with van der Waals surface area (Å²) in [5.41, 5.74) is 4.44. The Morgan fingerprint density at radius 1 is 0.652 bits per heavy atom. The van der Waals surface area contributed by atoms with Gasteiger partial charge in [-0.1, -0.05) is 91.0 Å². The normalized spacial score (nSPS) is 13.0. The first kappa shape index (κ1) is 14.4. The molecule has 0 aromatic heterocycles. The Bertz CT molecular complexity index is 779. The quantitative estimate of drug-likeness (QED) is 0.609. The van der Waals surface area contributed by atoms with Crippen molar-refractivity contribution in [2.45, 2.75) is 6.42 Å². The summed E-state index contributed by atoms with van der Waals surface area (Å²) >= 11 is 0. The summed E-state index contributed by atoms with van der Waals surface area (Å²) in [7, 11) is -0.355. The van der Waals surface area contributed by atoms with Crippen molar-refractivity contribution in [3.05, 3.63) is 102 Å². The van der Waals surface area contributed by atoms with Gasteiger partial charge in [0, 0.05) is 6.16 Å². The van der Waals surface area contributed by atoms with E-state index in [-0.39, 0.29) is 7.92 Å². The van der Waals surface area contributed by atoms with Crippen molar-refractivity contribution < 1.29 is 0 Å². The van der Waals surface area contributed by atoms with Gasteiger partial charge in [0.2, 0.25) is 0 Å². The minimum absolute atomic E-state index is 0.355. The lowest BCUT2D eigenvalue weighted by Crippen LogP contribution is -2.14. The second-order valence-corrected chi connectivity index (χ2v) is 8.05. The Labute approximate surface area is 139 Å². The van der Waals surface area contributed by atoms with Crippen molar-refractivity contribution in [1.82, 2.24) is 0 Å². The predicted molar refractivity (Wildman–Crippen MR) is 102 cm³/mol. The molecule has 0 spiro atoms. The van der Waals surface area contributed by atoms with E-state index in [1.165, 1.54) is 27.3 Å². The molecule has 0 saturated heterocycles. The molecule has 1 heteroatoms. The van der Waals surface area contributed by atoms with Crippen LogP contribution in [0.1, 0.15) is 11.1 Å². The van der Waals surface area contributed by atoms with Crippen LogP contribution in [0.25, 0.3) is 5.57 Å². The van der Waals surface area contributed by atoms with Crippen LogP contribution in [-0.4, -0.2) is 6.16 Å². The van der Waals surface area contributed by atoms with Gasteiger partial charge >= 0.3 is 0 Å². The summed E-state index contributed by atoms with van der Waals surface area (Å²) in [4.78, 5) is 0. The summed E-state index contributed by atoms with van der Waals surface area (Å²) in [5.74, 6) is 0. The molecule has 1 aliphatic carbocycles. The van der Waals surface area contributed by atoms with Gasteiger partial charge in [0.15, 0.2) is 0 Å². The van der Waals surface area contributed by atoms with Crippen LogP contribution in [-0.2, 0) is 6.42 Å². The molecule has 0 heterocycles. The van der Waals surface area contributed by atoms with Crippen LogP contribution in [0.4, 0.5) is 0 Å². The SMILES string of the molecule is C1=C(CP(c2ccccc2)c2ccccc2)c2ccccc2C1. The number of benzene rings is 3. The highest BCUT2D eigenvalue weighted by Crippen LogP contribution is 2.41. The van der Waals surface area contributed by atoms with Crippen molar-refractivity contribution in [3.8, 4) is 0 Å². The van der Waals surface area contributed by atoms with Gasteiger partial charge in [-0.05, 0) is 41.7 Å². The molecule has 4 rings (SSSR count). The number of allylic oxidation sites excluding steroid dienone is 2. The molecule has 3 aromatic rings. The van der Waals surface area contributed by atoms with Crippen molar-refractivity contribution in [1.29, 1.82) is 0 Å². The molecule has 0 fully saturated rings. The summed E-state index contributed by atoms with van der Waals surface area (Å²) in [5, 5.41) is 2.91. The van der Waals surface area contributed by atoms with Crippen LogP contribution in [0.5, 0.6) is 0 Å². The molecule has 23 heavy (non-hydrogen) atoms. The molecule has 0 saturated carbocycles. The first-order valence-corrected chi connectivity index (χ1v) is 9.59. The smallest absolute Gasteiger partial charge is 0.00104 e. The van der Waals surface area contributed by atoms with E-state index in [0.717, 1.165) is 12.6 Å². The van der Waals surface area contributed by atoms with E-state index in [2.05, 4.69) is 91.0 Å². The average molecular weight is 314 g/mol. The predicted octanol–water partition coefficient (Wildman–Crippen LogP) is 4.76. The third kappa shape index (κ3) is 3.00. The highest BCUT2D eigenvalue weighted by atomic mass is 31.1. The lowest BCUT2D eigenvalue weighted by molar-refractivity contribution is 1.31. The molecule has 0 nitrogen and oxygen atoms in total. The molecule has 0 N–H and O–H groups in total. The highest BCUT2D eigenvalue weighted by molar-refractivity contribution is 7.73. The van der Waals surface area contributed by atoms with Gasteiger partial charge in [-0.2, -0.15) is 0 Å². The lowest BCUT2D eigenvalue weighted by Gasteiger charge is -2.20. The van der Waals surface area contributed by atoms with Crippen molar-refractivity contribution in [2.24, 2.45) is 0 Å². The number of fused-ring (bicyclic) bond motifs is 1. The maximum absolute atomic E-state index is 2.42. The van der Waals surface area contributed by atoms with Crippen LogP contribution < -0.4 is 10.6 Å². The minimum Gasteiger partial charge on any atom is -0.0759 e. The average Bonchev–Trinajstić information content (AvgIpc) is 3.04. The molecule has 0 amide bonds. The van der Waals surface area contributed by atoms with Crippen molar-refractivity contribution in [2.75, 3.05) is 6.16 Å². The summed E-state index contributed by atoms with van der Waals surface area (Å²) in [6, 6.07) is 30.8. The summed E-state index contributed by atoms with van der Waals surface area (Å²) in [6.45, 7) is 0. The molecule has 0 atom stereocenters. The van der Waals surface area contributed by atoms with Crippen molar-refractivity contribution in [3.63, 3.8) is 0 Å². The van der Waals surface area contributed by atoms with Gasteiger partial charge in [0.05, 0.1) is 0 Å². The van der Waals surface area contributed by atoms with E-state index >= 15 is 0 Å². The largest absolute Gasteiger partial charge is 0.0759 e. The molecule has 0 radical (unpaired) electrons. The van der Waals surface area contributed by atoms with Crippen LogP contribution >= 0.6 is 7.92 Å². The second-order valence-electron chi connectivity index (χ2n) is 5.85. The molecule has 3 aromatic carbocycles. The monoisotopic (exact) mass is 314 g/mol. The van der Waals surface area contributed by atoms with Gasteiger partial charge in [0.25, 0.3) is 0 Å². The standard InChI is InChI=1S/C22H19P/c1-3-10-20(11-4-1)23(21-12-5-2-6-13-21)17-19-16-15-18-9-7-8-14-22(18)19/h1-14,16H,15,17H2. The van der Waals surface area contributed by atoms with Gasteiger partial charge in [0.1, 0.15) is 0 Å². The van der Waals surface area contributed by atoms with E-state index in [1.54, 1.807) is 0 Å². The van der Waals surface area contributed by atoms with Gasteiger partial charge in [-0.3, -0.25) is 0 Å². The second kappa shape index (κ2) is 6.52. The van der Waals surface area contributed by atoms with E-state index < -0.39 is 0 Å². The van der Waals surface area contributed by atoms with E-state index in [4.69, 9.17) is 0 Å². The maximum atomic E-state index is 2.42.